The highest BCUT2D eigenvalue weighted by Crippen LogP contribution is 2.41. The number of phenolic OH excluding ortho intramolecular Hbond substituents is 1. The summed E-state index contributed by atoms with van der Waals surface area (Å²) in [6, 6.07) is 31.4. The van der Waals surface area contributed by atoms with Gasteiger partial charge < -0.3 is 78.4 Å². The highest BCUT2D eigenvalue weighted by Gasteiger charge is 2.32. The first kappa shape index (κ1) is 91.6. The van der Waals surface area contributed by atoms with Gasteiger partial charge in [0.15, 0.2) is 5.75 Å². The van der Waals surface area contributed by atoms with Gasteiger partial charge in [-0.25, -0.2) is 19.9 Å². The van der Waals surface area contributed by atoms with Crippen molar-refractivity contribution in [2.45, 2.75) is 60.7 Å². The van der Waals surface area contributed by atoms with E-state index in [1.54, 1.807) is 73.4 Å². The van der Waals surface area contributed by atoms with E-state index in [1.165, 1.54) is 49.5 Å². The Morgan fingerprint density at radius 2 is 0.831 bits per heavy atom. The molecule has 5 aliphatic rings. The molecular formula is C76H82Br2F10IN17O12. The number of nitrogens with two attached hydrogens (primary N) is 1. The first-order valence-electron chi connectivity index (χ1n) is 35.7. The summed E-state index contributed by atoms with van der Waals surface area (Å²) in [5.41, 5.74) is 12.7. The molecule has 0 aliphatic carbocycles. The zero-order valence-corrected chi connectivity index (χ0v) is 69.7. The zero-order valence-electron chi connectivity index (χ0n) is 64.3. The molecule has 5 saturated heterocycles. The number of hydrogen-bond donors (Lipinski definition) is 3. The van der Waals surface area contributed by atoms with Crippen LogP contribution in [0, 0.1) is 30.3 Å². The van der Waals surface area contributed by atoms with Crippen LogP contribution in [-0.2, 0) is 14.1 Å². The van der Waals surface area contributed by atoms with Gasteiger partial charge in [0.2, 0.25) is 11.5 Å². The fraction of sp³-hybridized carbons (Fsp3) is 0.368. The summed E-state index contributed by atoms with van der Waals surface area (Å²) >= 11 is 8.52. The van der Waals surface area contributed by atoms with Gasteiger partial charge in [-0.3, -0.25) is 30.3 Å². The van der Waals surface area contributed by atoms with Crippen molar-refractivity contribution in [1.82, 2.24) is 53.6 Å². The van der Waals surface area contributed by atoms with Gasteiger partial charge in [-0.2, -0.15) is 43.9 Å². The Kier molecular flexibility index (Phi) is 32.6. The summed E-state index contributed by atoms with van der Waals surface area (Å²) in [5, 5.41) is 43.3. The fourth-order valence-electron chi connectivity index (χ4n) is 12.8. The fourth-order valence-corrected chi connectivity index (χ4v) is 14.8. The van der Waals surface area contributed by atoms with Gasteiger partial charge >= 0.3 is 50.1 Å². The number of imidazole rings is 2. The van der Waals surface area contributed by atoms with Crippen molar-refractivity contribution < 1.29 is 87.5 Å². The van der Waals surface area contributed by atoms with Gasteiger partial charge in [-0.05, 0) is 112 Å². The third-order valence-corrected chi connectivity index (χ3v) is 20.7. The van der Waals surface area contributed by atoms with Crippen molar-refractivity contribution in [1.29, 1.82) is 0 Å². The van der Waals surface area contributed by atoms with Crippen molar-refractivity contribution in [3.63, 3.8) is 0 Å². The van der Waals surface area contributed by atoms with Crippen molar-refractivity contribution >= 4 is 122 Å². The third-order valence-electron chi connectivity index (χ3n) is 18.9. The highest BCUT2D eigenvalue weighted by atomic mass is 127. The average Bonchev–Trinajstić information content (AvgIpc) is 0.959. The molecule has 0 spiro atoms. The van der Waals surface area contributed by atoms with Crippen LogP contribution in [0.25, 0.3) is 22.1 Å². The summed E-state index contributed by atoms with van der Waals surface area (Å²) in [7, 11) is 15.7. The number of aromatic hydroxyl groups is 1. The van der Waals surface area contributed by atoms with Crippen LogP contribution >= 0.6 is 54.5 Å². The molecule has 0 unspecified atom stereocenters. The van der Waals surface area contributed by atoms with E-state index in [1.807, 2.05) is 87.8 Å². The lowest BCUT2D eigenvalue weighted by Gasteiger charge is -2.37. The molecule has 10 aromatic rings. The number of nitrogens with zero attached hydrogens (tertiary/aromatic N) is 15. The maximum Gasteiger partial charge on any atom is 0.387 e. The number of nitro benzene ring substituents is 3. The minimum Gasteiger partial charge on any atom is -0.502 e. The average molecular weight is 1900 g/mol. The van der Waals surface area contributed by atoms with E-state index in [9.17, 15) is 74.2 Å². The second kappa shape index (κ2) is 41.9. The molecule has 42 heteroatoms. The van der Waals surface area contributed by atoms with E-state index < -0.39 is 65.0 Å². The normalized spacial score (nSPS) is 15.3. The molecule has 634 valence electrons. The van der Waals surface area contributed by atoms with Crippen LogP contribution in [0.15, 0.2) is 155 Å². The first-order chi connectivity index (χ1) is 55.8. The Labute approximate surface area is 700 Å². The van der Waals surface area contributed by atoms with Crippen LogP contribution in [0.2, 0.25) is 0 Å². The van der Waals surface area contributed by atoms with Gasteiger partial charge in [-0.15, -0.1) is 0 Å². The number of ether oxygens (including phenoxy) is 5. The number of benzene rings is 6. The van der Waals surface area contributed by atoms with Crippen LogP contribution in [0.4, 0.5) is 89.7 Å². The number of likely N-dealkylation sites (N-methyl/N-ethyl adjacent to an activating group) is 4. The quantitative estimate of drug-likeness (QED) is 0.0150. The number of phenols is 1. The van der Waals surface area contributed by atoms with Crippen LogP contribution in [0.5, 0.6) is 34.5 Å². The summed E-state index contributed by atoms with van der Waals surface area (Å²) in [4.78, 5) is 58.9. The lowest BCUT2D eigenvalue weighted by molar-refractivity contribution is -0.386. The lowest BCUT2D eigenvalue weighted by atomic mass is 9.91. The van der Waals surface area contributed by atoms with E-state index in [0.29, 0.717) is 49.7 Å². The number of nitro groups is 3. The van der Waals surface area contributed by atoms with E-state index in [4.69, 9.17) is 20.3 Å². The van der Waals surface area contributed by atoms with E-state index in [0.717, 1.165) is 113 Å². The number of aryl methyl sites for hydroxylation is 2. The van der Waals surface area contributed by atoms with E-state index in [-0.39, 0.29) is 46.0 Å². The number of aromatic nitrogens is 6. The number of pyridine rings is 2. The molecule has 9 heterocycles. The van der Waals surface area contributed by atoms with Crippen LogP contribution < -0.4 is 39.6 Å². The molecule has 0 amide bonds. The Balaban J connectivity index is 0.000000163. The molecule has 5 fully saturated rings. The second-order valence-corrected chi connectivity index (χ2v) is 31.5. The molecule has 15 rings (SSSR count). The van der Waals surface area contributed by atoms with E-state index >= 15 is 0 Å². The number of alkyl halides is 11. The maximum atomic E-state index is 13.0. The van der Waals surface area contributed by atoms with Crippen molar-refractivity contribution in [2.75, 3.05) is 124 Å². The molecular weight excluding hydrogens is 1820 g/mol. The lowest BCUT2D eigenvalue weighted by Crippen LogP contribution is -2.44. The molecule has 0 bridgehead atoms. The van der Waals surface area contributed by atoms with Gasteiger partial charge in [-0.1, -0.05) is 78.7 Å². The number of hydrogen-bond acceptors (Lipinski definition) is 24. The molecule has 0 atom stereocenters. The monoisotopic (exact) mass is 1900 g/mol. The van der Waals surface area contributed by atoms with Gasteiger partial charge in [0, 0.05) is 166 Å². The number of fused-ring (bicyclic) bond motifs is 2. The van der Waals surface area contributed by atoms with E-state index in [2.05, 4.69) is 125 Å². The SMILES string of the molecule is CN1CC(I)C1.CN1CC(c2ccc(N(C)c3cc4c(cn3)ncn4C)c(OC(F)F)c2)C1.CN1CC(c2ccc(N)c(OC(F)F)c2)C1.CN1CC(c2ccc(Nc3cc4c(cn3)ncn4C)c(OC(F)F)c2)C1.CN1CC(c2ccc([N+](=O)[O-])c(OC(F)F)c2)C1.O=[N+]([O-])c1ccc(Br)cc1O.O=[N+]([O-])c1ccc(Br)cc1OC(F)F. The molecule has 4 aromatic heterocycles. The zero-order chi connectivity index (χ0) is 86.1. The molecule has 118 heavy (non-hydrogen) atoms. The molecule has 4 N–H and O–H groups in total. The smallest absolute Gasteiger partial charge is 0.387 e. The number of nitrogen functional groups attached to an aromatic ring is 1. The van der Waals surface area contributed by atoms with Crippen molar-refractivity contribution in [2.24, 2.45) is 14.1 Å². The predicted molar refractivity (Wildman–Crippen MR) is 438 cm³/mol. The standard InChI is InChI=1S/C19H21F2N5O.C18H19F2N5O.C11H12F2N2O3.C11H14F2N2O.C7H4BrF2NO3.C6H4BrNO3.C4H8IN/c1-24-9-13(10-24)12-4-5-15(17(6-12)27-19(20)21)26(3)18-7-16-14(8-22-18)23-11-25(16)2;1-24-8-12(9-24)11-3-4-13(16(5-11)26-18(19)20)23-17-6-15-14(7-21-17)22-10-25(15)2;1-14-5-8(6-14)7-2-3-9(15(16)17)10(4-7)18-11(12)13;1-15-5-8(6-15)7-2-3-9(14)10(4-7)16-11(12)13;8-4-1-2-5(11(12)13)6(3-4)14-7(9)10;7-4-1-2-5(8(10)11)6(9)3-4;1-6-2-4(5)3-6/h4-8,11,13,19H,9-10H2,1-3H3;3-7,10,12,18H,8-9H2,1-2H3,(H,21,23);2-4,8,11H,5-6H2,1H3;2-4,8,11H,5-6,14H2,1H3;1-3,7H;1-3,9H;4H,2-3H2,1H3. The summed E-state index contributed by atoms with van der Waals surface area (Å²) in [5.74, 6) is 1.66. The summed E-state index contributed by atoms with van der Waals surface area (Å²) in [6.07, 6.45) is 6.73. The molecule has 0 saturated carbocycles. The number of halogens is 13. The minimum absolute atomic E-state index is 0.0713. The van der Waals surface area contributed by atoms with Crippen molar-refractivity contribution in [3.05, 3.63) is 208 Å². The topological polar surface area (TPSA) is 315 Å². The summed E-state index contributed by atoms with van der Waals surface area (Å²) in [6.45, 7) is -4.99. The third kappa shape index (κ3) is 25.9. The number of rotatable bonds is 21. The Morgan fingerprint density at radius 1 is 0.466 bits per heavy atom. The van der Waals surface area contributed by atoms with Gasteiger partial charge in [0.1, 0.15) is 39.9 Å². The molecule has 6 aromatic carbocycles. The second-order valence-electron chi connectivity index (χ2n) is 27.9. The predicted octanol–water partition coefficient (Wildman–Crippen LogP) is 16.6. The van der Waals surface area contributed by atoms with Crippen LogP contribution in [-0.4, -0.2) is 218 Å². The number of likely N-dealkylation sites (tertiary alicyclic amines) is 5. The maximum absolute atomic E-state index is 13.0. The summed E-state index contributed by atoms with van der Waals surface area (Å²) < 4.78 is 152. The Morgan fingerprint density at radius 3 is 1.27 bits per heavy atom. The minimum atomic E-state index is -3.08. The first-order valence-corrected chi connectivity index (χ1v) is 38.6. The van der Waals surface area contributed by atoms with Crippen LogP contribution in [0.3, 0.4) is 0 Å². The molecule has 29 nitrogen and oxygen atoms in total. The largest absolute Gasteiger partial charge is 0.502 e. The van der Waals surface area contributed by atoms with Gasteiger partial charge in [0.05, 0.1) is 67.9 Å². The van der Waals surface area contributed by atoms with Crippen molar-refractivity contribution in [3.8, 4) is 34.5 Å². The number of anilines is 5. The Bertz CT molecular complexity index is 5060. The molecule has 0 radical (unpaired) electrons. The highest BCUT2D eigenvalue weighted by molar-refractivity contribution is 14.1. The molecule has 5 aliphatic heterocycles. The number of nitrogens with one attached hydrogen (secondary N) is 1. The van der Waals surface area contributed by atoms with Crippen LogP contribution in [0.1, 0.15) is 45.9 Å². The Hall–Kier alpha value is -10.3. The van der Waals surface area contributed by atoms with Gasteiger partial charge in [0.25, 0.3) is 0 Å².